The van der Waals surface area contributed by atoms with Crippen molar-refractivity contribution in [3.05, 3.63) is 30.1 Å². The van der Waals surface area contributed by atoms with E-state index in [1.807, 2.05) is 6.07 Å². The molecule has 1 aromatic carbocycles. The smallest absolute Gasteiger partial charge is 0.242 e. The topological polar surface area (TPSA) is 47.3 Å². The van der Waals surface area contributed by atoms with Crippen molar-refractivity contribution < 1.29 is 9.18 Å². The number of hydrogen-bond acceptors (Lipinski definition) is 3. The molecule has 1 fully saturated rings. The van der Waals surface area contributed by atoms with Crippen molar-refractivity contribution in [2.45, 2.75) is 13.8 Å². The van der Waals surface area contributed by atoms with Crippen LogP contribution >= 0.6 is 0 Å². The molecular weight excluding hydrogens is 257 g/mol. The van der Waals surface area contributed by atoms with Crippen LogP contribution in [-0.4, -0.2) is 37.0 Å². The third kappa shape index (κ3) is 2.90. The number of carbonyl (C=O) groups is 1. The summed E-state index contributed by atoms with van der Waals surface area (Å²) >= 11 is 0. The van der Waals surface area contributed by atoms with Crippen LogP contribution in [0.5, 0.6) is 0 Å². The Bertz CT molecular complexity index is 525. The van der Waals surface area contributed by atoms with Gasteiger partial charge in [0.05, 0.1) is 6.07 Å². The molecule has 1 heterocycles. The van der Waals surface area contributed by atoms with Crippen LogP contribution in [0.15, 0.2) is 24.3 Å². The highest BCUT2D eigenvalue weighted by molar-refractivity contribution is 5.84. The first-order valence-electron chi connectivity index (χ1n) is 6.65. The van der Waals surface area contributed by atoms with Gasteiger partial charge < -0.3 is 9.80 Å². The van der Waals surface area contributed by atoms with Gasteiger partial charge in [-0.15, -0.1) is 0 Å². The van der Waals surface area contributed by atoms with Gasteiger partial charge in [-0.3, -0.25) is 4.79 Å². The van der Waals surface area contributed by atoms with Gasteiger partial charge in [0.2, 0.25) is 5.91 Å². The number of anilines is 1. The van der Waals surface area contributed by atoms with E-state index in [0.29, 0.717) is 26.2 Å². The monoisotopic (exact) mass is 275 g/mol. The molecule has 1 aliphatic rings. The zero-order chi connectivity index (χ0) is 14.8. The second-order valence-electron chi connectivity index (χ2n) is 5.49. The summed E-state index contributed by atoms with van der Waals surface area (Å²) in [5.74, 6) is -0.378. The molecule has 0 spiro atoms. The molecule has 0 radical (unpaired) electrons. The zero-order valence-corrected chi connectivity index (χ0v) is 11.8. The Morgan fingerprint density at radius 3 is 2.25 bits per heavy atom. The Balaban J connectivity index is 1.98. The summed E-state index contributed by atoms with van der Waals surface area (Å²) in [5, 5.41) is 9.01. The third-order valence-corrected chi connectivity index (χ3v) is 3.57. The highest BCUT2D eigenvalue weighted by Gasteiger charge is 2.33. The maximum atomic E-state index is 12.9. The molecule has 1 aliphatic heterocycles. The van der Waals surface area contributed by atoms with Crippen LogP contribution in [0.2, 0.25) is 0 Å². The fourth-order valence-corrected chi connectivity index (χ4v) is 2.26. The van der Waals surface area contributed by atoms with Crippen molar-refractivity contribution in [2.24, 2.45) is 5.41 Å². The number of rotatable bonds is 2. The van der Waals surface area contributed by atoms with E-state index in [2.05, 4.69) is 4.90 Å². The van der Waals surface area contributed by atoms with Gasteiger partial charge in [0, 0.05) is 31.9 Å². The fraction of sp³-hybridized carbons (Fsp3) is 0.467. The van der Waals surface area contributed by atoms with Crippen molar-refractivity contribution in [1.29, 1.82) is 5.26 Å². The molecule has 0 aliphatic carbocycles. The molecule has 1 aromatic rings. The molecule has 0 bridgehead atoms. The summed E-state index contributed by atoms with van der Waals surface area (Å²) in [6.07, 6.45) is 0. The first kappa shape index (κ1) is 14.3. The molecule has 4 nitrogen and oxygen atoms in total. The molecule has 2 rings (SSSR count). The second kappa shape index (κ2) is 5.49. The maximum Gasteiger partial charge on any atom is 0.242 e. The lowest BCUT2D eigenvalue weighted by atomic mass is 9.93. The van der Waals surface area contributed by atoms with E-state index in [9.17, 15) is 9.18 Å². The van der Waals surface area contributed by atoms with Crippen LogP contribution in [0, 0.1) is 22.6 Å². The lowest BCUT2D eigenvalue weighted by Crippen LogP contribution is -2.52. The molecule has 1 saturated heterocycles. The van der Waals surface area contributed by atoms with Gasteiger partial charge >= 0.3 is 0 Å². The van der Waals surface area contributed by atoms with Gasteiger partial charge in [-0.25, -0.2) is 4.39 Å². The average Bonchev–Trinajstić information content (AvgIpc) is 2.47. The van der Waals surface area contributed by atoms with E-state index in [-0.39, 0.29) is 11.7 Å². The van der Waals surface area contributed by atoms with Gasteiger partial charge in [0.15, 0.2) is 0 Å². The number of nitriles is 1. The summed E-state index contributed by atoms with van der Waals surface area (Å²) in [6.45, 7) is 5.84. The van der Waals surface area contributed by atoms with E-state index in [1.54, 1.807) is 30.9 Å². The van der Waals surface area contributed by atoms with E-state index in [0.717, 1.165) is 5.69 Å². The molecule has 5 heteroatoms. The SMILES string of the molecule is CC(C)(C#N)C(=O)N1CCN(c2ccc(F)cc2)CC1. The molecule has 106 valence electrons. The summed E-state index contributed by atoms with van der Waals surface area (Å²) in [6, 6.07) is 8.40. The van der Waals surface area contributed by atoms with Crippen LogP contribution < -0.4 is 4.90 Å². The Hall–Kier alpha value is -2.09. The highest BCUT2D eigenvalue weighted by atomic mass is 19.1. The Kier molecular flexibility index (Phi) is 3.93. The molecule has 1 amide bonds. The summed E-state index contributed by atoms with van der Waals surface area (Å²) in [5.41, 5.74) is -0.0176. The van der Waals surface area contributed by atoms with Crippen molar-refractivity contribution in [3.63, 3.8) is 0 Å². The van der Waals surface area contributed by atoms with Crippen LogP contribution in [0.1, 0.15) is 13.8 Å². The van der Waals surface area contributed by atoms with Crippen molar-refractivity contribution in [2.75, 3.05) is 31.1 Å². The number of nitrogens with zero attached hydrogens (tertiary/aromatic N) is 3. The van der Waals surface area contributed by atoms with Crippen molar-refractivity contribution in [3.8, 4) is 6.07 Å². The van der Waals surface area contributed by atoms with Crippen LogP contribution in [0.4, 0.5) is 10.1 Å². The van der Waals surface area contributed by atoms with Crippen molar-refractivity contribution >= 4 is 11.6 Å². The number of benzene rings is 1. The Morgan fingerprint density at radius 2 is 1.75 bits per heavy atom. The number of halogens is 1. The van der Waals surface area contributed by atoms with E-state index in [1.165, 1.54) is 12.1 Å². The lowest BCUT2D eigenvalue weighted by Gasteiger charge is -2.38. The zero-order valence-electron chi connectivity index (χ0n) is 11.8. The third-order valence-electron chi connectivity index (χ3n) is 3.57. The first-order valence-corrected chi connectivity index (χ1v) is 6.65. The quantitative estimate of drug-likeness (QED) is 0.829. The van der Waals surface area contributed by atoms with Gasteiger partial charge in [-0.05, 0) is 38.1 Å². The summed E-state index contributed by atoms with van der Waals surface area (Å²) in [7, 11) is 0. The minimum absolute atomic E-state index is 0.126. The fourth-order valence-electron chi connectivity index (χ4n) is 2.26. The summed E-state index contributed by atoms with van der Waals surface area (Å²) in [4.78, 5) is 16.0. The molecule has 0 atom stereocenters. The van der Waals surface area contributed by atoms with Gasteiger partial charge in [0.25, 0.3) is 0 Å². The Morgan fingerprint density at radius 1 is 1.20 bits per heavy atom. The molecule has 0 aromatic heterocycles. The molecule has 0 unspecified atom stereocenters. The first-order chi connectivity index (χ1) is 9.44. The number of amides is 1. The molecule has 20 heavy (non-hydrogen) atoms. The van der Waals surface area contributed by atoms with Crippen molar-refractivity contribution in [1.82, 2.24) is 4.90 Å². The van der Waals surface area contributed by atoms with E-state index in [4.69, 9.17) is 5.26 Å². The van der Waals surface area contributed by atoms with Gasteiger partial charge in [-0.2, -0.15) is 5.26 Å². The normalized spacial score (nSPS) is 15.9. The second-order valence-corrected chi connectivity index (χ2v) is 5.49. The largest absolute Gasteiger partial charge is 0.368 e. The molecule has 0 saturated carbocycles. The van der Waals surface area contributed by atoms with E-state index >= 15 is 0 Å². The van der Waals surface area contributed by atoms with Gasteiger partial charge in [0.1, 0.15) is 11.2 Å². The highest BCUT2D eigenvalue weighted by Crippen LogP contribution is 2.21. The number of hydrogen-bond donors (Lipinski definition) is 0. The molecule has 0 N–H and O–H groups in total. The minimum Gasteiger partial charge on any atom is -0.368 e. The van der Waals surface area contributed by atoms with Gasteiger partial charge in [-0.1, -0.05) is 0 Å². The Labute approximate surface area is 118 Å². The lowest BCUT2D eigenvalue weighted by molar-refractivity contribution is -0.137. The predicted octanol–water partition coefficient (Wildman–Crippen LogP) is 2.02. The maximum absolute atomic E-state index is 12.9. The average molecular weight is 275 g/mol. The number of piperazine rings is 1. The van der Waals surface area contributed by atoms with Crippen LogP contribution in [-0.2, 0) is 4.79 Å². The molecular formula is C15H18FN3O. The standard InChI is InChI=1S/C15H18FN3O/c1-15(2,11-17)14(20)19-9-7-18(8-10-19)13-5-3-12(16)4-6-13/h3-6H,7-10H2,1-2H3. The minimum atomic E-state index is -0.974. The van der Waals surface area contributed by atoms with Crippen LogP contribution in [0.25, 0.3) is 0 Å². The van der Waals surface area contributed by atoms with Crippen LogP contribution in [0.3, 0.4) is 0 Å². The number of carbonyl (C=O) groups excluding carboxylic acids is 1. The summed E-state index contributed by atoms with van der Waals surface area (Å²) < 4.78 is 12.9. The van der Waals surface area contributed by atoms with E-state index < -0.39 is 5.41 Å². The predicted molar refractivity (Wildman–Crippen MR) is 74.6 cm³/mol.